The second kappa shape index (κ2) is 5.53. The molecule has 1 saturated heterocycles. The molecule has 2 aliphatic rings. The van der Waals surface area contributed by atoms with E-state index in [1.54, 1.807) is 0 Å². The lowest BCUT2D eigenvalue weighted by atomic mass is 10.0. The zero-order valence-corrected chi connectivity index (χ0v) is 12.4. The fourth-order valence-electron chi connectivity index (χ4n) is 2.33. The number of thiophene rings is 1. The van der Waals surface area contributed by atoms with Crippen LogP contribution in [0.4, 0.5) is 0 Å². The number of thioether (sulfide) groups is 1. The van der Waals surface area contributed by atoms with Crippen molar-refractivity contribution in [3.8, 4) is 0 Å². The summed E-state index contributed by atoms with van der Waals surface area (Å²) >= 11 is 2.93. The third-order valence-electron chi connectivity index (χ3n) is 3.30. The second-order valence-electron chi connectivity index (χ2n) is 4.63. The molecule has 0 saturated carbocycles. The summed E-state index contributed by atoms with van der Waals surface area (Å²) in [6.07, 6.45) is 1.76. The van der Waals surface area contributed by atoms with Crippen molar-refractivity contribution in [1.82, 2.24) is 10.2 Å². The number of β-lactam (4-membered cyclic amide) rings is 1. The van der Waals surface area contributed by atoms with Crippen LogP contribution in [0.3, 0.4) is 0 Å². The van der Waals surface area contributed by atoms with Crippen LogP contribution in [0.15, 0.2) is 29.3 Å². The van der Waals surface area contributed by atoms with E-state index in [4.69, 9.17) is 5.11 Å². The van der Waals surface area contributed by atoms with Crippen LogP contribution in [0.5, 0.6) is 0 Å². The van der Waals surface area contributed by atoms with Crippen molar-refractivity contribution in [3.05, 3.63) is 34.2 Å². The Bertz CT molecular complexity index is 626. The van der Waals surface area contributed by atoms with Crippen LogP contribution in [0.25, 0.3) is 0 Å². The summed E-state index contributed by atoms with van der Waals surface area (Å²) in [7, 11) is 0. The Morgan fingerprint density at radius 1 is 1.48 bits per heavy atom. The summed E-state index contributed by atoms with van der Waals surface area (Å²) in [5.41, 5.74) is 0.00695. The number of carboxylic acid groups (broad SMARTS) is 1. The van der Waals surface area contributed by atoms with Gasteiger partial charge in [0.1, 0.15) is 17.1 Å². The lowest BCUT2D eigenvalue weighted by Crippen LogP contribution is -2.70. The molecule has 0 radical (unpaired) electrons. The Morgan fingerprint density at radius 3 is 2.95 bits per heavy atom. The van der Waals surface area contributed by atoms with Gasteiger partial charge in [0.15, 0.2) is 0 Å². The normalized spacial score (nSPS) is 23.9. The highest BCUT2D eigenvalue weighted by Gasteiger charge is 2.52. The molecule has 1 aromatic heterocycles. The van der Waals surface area contributed by atoms with Gasteiger partial charge in [0, 0.05) is 10.6 Å². The van der Waals surface area contributed by atoms with Gasteiger partial charge in [0.05, 0.1) is 6.42 Å². The number of hydrogen-bond acceptors (Lipinski definition) is 5. The maximum atomic E-state index is 12.0. The van der Waals surface area contributed by atoms with E-state index in [2.05, 4.69) is 5.32 Å². The Morgan fingerprint density at radius 2 is 2.29 bits per heavy atom. The molecular formula is C13H12N2O4S2. The van der Waals surface area contributed by atoms with Crippen LogP contribution >= 0.6 is 23.1 Å². The number of carboxylic acids is 1. The molecule has 1 aromatic rings. The van der Waals surface area contributed by atoms with Crippen LogP contribution in [-0.4, -0.2) is 45.0 Å². The molecule has 3 heterocycles. The SMILES string of the molecule is O=C(Cc1cccs1)NC1C(=O)N2C(C(=O)O)=CCSC12. The van der Waals surface area contributed by atoms with Gasteiger partial charge in [-0.05, 0) is 17.5 Å². The molecule has 0 spiro atoms. The number of nitrogens with zero attached hydrogens (tertiary/aromatic N) is 1. The van der Waals surface area contributed by atoms with Gasteiger partial charge in [-0.15, -0.1) is 23.1 Å². The van der Waals surface area contributed by atoms with Crippen molar-refractivity contribution in [2.45, 2.75) is 17.8 Å². The minimum atomic E-state index is -1.11. The fourth-order valence-corrected chi connectivity index (χ4v) is 4.23. The standard InChI is InChI=1S/C13H12N2O4S2/c16-9(6-7-2-1-4-20-7)14-10-11(17)15-8(13(18)19)3-5-21-12(10)15/h1-4,10,12H,5-6H2,(H,14,16)(H,18,19). The summed E-state index contributed by atoms with van der Waals surface area (Å²) in [5.74, 6) is -1.17. The van der Waals surface area contributed by atoms with Crippen molar-refractivity contribution in [1.29, 1.82) is 0 Å². The molecule has 21 heavy (non-hydrogen) atoms. The highest BCUT2D eigenvalue weighted by molar-refractivity contribution is 8.00. The lowest BCUT2D eigenvalue weighted by Gasteiger charge is -2.48. The van der Waals surface area contributed by atoms with Gasteiger partial charge in [0.25, 0.3) is 5.91 Å². The highest BCUT2D eigenvalue weighted by Crippen LogP contribution is 2.37. The van der Waals surface area contributed by atoms with E-state index in [0.717, 1.165) is 4.88 Å². The quantitative estimate of drug-likeness (QED) is 0.795. The van der Waals surface area contributed by atoms with E-state index in [1.807, 2.05) is 17.5 Å². The summed E-state index contributed by atoms with van der Waals surface area (Å²) in [6.45, 7) is 0. The van der Waals surface area contributed by atoms with Gasteiger partial charge < -0.3 is 10.4 Å². The predicted octanol–water partition coefficient (Wildman–Crippen LogP) is 0.659. The molecule has 2 unspecified atom stereocenters. The smallest absolute Gasteiger partial charge is 0.352 e. The summed E-state index contributed by atoms with van der Waals surface area (Å²) < 4.78 is 0. The van der Waals surface area contributed by atoms with E-state index in [9.17, 15) is 14.4 Å². The number of nitrogens with one attached hydrogen (secondary N) is 1. The molecule has 0 bridgehead atoms. The van der Waals surface area contributed by atoms with E-state index in [0.29, 0.717) is 5.75 Å². The van der Waals surface area contributed by atoms with E-state index in [1.165, 1.54) is 34.1 Å². The Labute approximate surface area is 128 Å². The third kappa shape index (κ3) is 2.56. The zero-order chi connectivity index (χ0) is 15.0. The van der Waals surface area contributed by atoms with Crippen molar-refractivity contribution in [2.75, 3.05) is 5.75 Å². The highest BCUT2D eigenvalue weighted by atomic mass is 32.2. The van der Waals surface area contributed by atoms with E-state index >= 15 is 0 Å². The average Bonchev–Trinajstić information content (AvgIpc) is 2.96. The number of amides is 2. The molecule has 2 N–H and O–H groups in total. The molecule has 0 aliphatic carbocycles. The number of aliphatic carboxylic acids is 1. The third-order valence-corrected chi connectivity index (χ3v) is 5.36. The van der Waals surface area contributed by atoms with Gasteiger partial charge in [-0.2, -0.15) is 0 Å². The summed E-state index contributed by atoms with van der Waals surface area (Å²) in [5, 5.41) is 13.3. The first-order valence-electron chi connectivity index (χ1n) is 6.28. The Balaban J connectivity index is 1.64. The number of carbonyl (C=O) groups excluding carboxylic acids is 2. The maximum Gasteiger partial charge on any atom is 0.352 e. The van der Waals surface area contributed by atoms with Gasteiger partial charge in [-0.1, -0.05) is 6.07 Å². The van der Waals surface area contributed by atoms with Gasteiger partial charge in [-0.25, -0.2) is 4.79 Å². The fraction of sp³-hybridized carbons (Fsp3) is 0.308. The molecule has 3 rings (SSSR count). The molecule has 0 aromatic carbocycles. The summed E-state index contributed by atoms with van der Waals surface area (Å²) in [4.78, 5) is 37.2. The van der Waals surface area contributed by atoms with E-state index < -0.39 is 12.0 Å². The number of rotatable bonds is 4. The van der Waals surface area contributed by atoms with Crippen molar-refractivity contribution >= 4 is 40.9 Å². The van der Waals surface area contributed by atoms with Crippen LogP contribution in [0.2, 0.25) is 0 Å². The maximum absolute atomic E-state index is 12.0. The summed E-state index contributed by atoms with van der Waals surface area (Å²) in [6, 6.07) is 3.09. The molecule has 2 amide bonds. The molecule has 110 valence electrons. The Kier molecular flexibility index (Phi) is 3.73. The van der Waals surface area contributed by atoms with Gasteiger partial charge in [-0.3, -0.25) is 14.5 Å². The topological polar surface area (TPSA) is 86.7 Å². The largest absolute Gasteiger partial charge is 0.477 e. The molecule has 6 nitrogen and oxygen atoms in total. The second-order valence-corrected chi connectivity index (χ2v) is 6.81. The molecular weight excluding hydrogens is 312 g/mol. The van der Waals surface area contributed by atoms with Crippen LogP contribution in [-0.2, 0) is 20.8 Å². The van der Waals surface area contributed by atoms with Crippen LogP contribution in [0, 0.1) is 0 Å². The molecule has 8 heteroatoms. The first-order chi connectivity index (χ1) is 10.1. The predicted molar refractivity (Wildman–Crippen MR) is 78.8 cm³/mol. The average molecular weight is 324 g/mol. The van der Waals surface area contributed by atoms with Crippen LogP contribution < -0.4 is 5.32 Å². The first-order valence-corrected chi connectivity index (χ1v) is 8.20. The van der Waals surface area contributed by atoms with Crippen molar-refractivity contribution in [2.24, 2.45) is 0 Å². The lowest BCUT2D eigenvalue weighted by molar-refractivity contribution is -0.150. The number of fused-ring (bicyclic) bond motifs is 1. The Hall–Kier alpha value is -1.80. The number of hydrogen-bond donors (Lipinski definition) is 2. The zero-order valence-electron chi connectivity index (χ0n) is 10.8. The van der Waals surface area contributed by atoms with Crippen molar-refractivity contribution < 1.29 is 19.5 Å². The molecule has 2 aliphatic heterocycles. The first kappa shape index (κ1) is 14.2. The monoisotopic (exact) mass is 324 g/mol. The van der Waals surface area contributed by atoms with Gasteiger partial charge >= 0.3 is 5.97 Å². The van der Waals surface area contributed by atoms with E-state index in [-0.39, 0.29) is 29.3 Å². The van der Waals surface area contributed by atoms with Crippen molar-refractivity contribution in [3.63, 3.8) is 0 Å². The molecule has 2 atom stereocenters. The minimum absolute atomic E-state index is 0.00695. The molecule has 1 fully saturated rings. The number of carbonyl (C=O) groups is 3. The minimum Gasteiger partial charge on any atom is -0.477 e. The van der Waals surface area contributed by atoms with Crippen LogP contribution in [0.1, 0.15) is 4.88 Å². The van der Waals surface area contributed by atoms with Gasteiger partial charge in [0.2, 0.25) is 5.91 Å².